The summed E-state index contributed by atoms with van der Waals surface area (Å²) < 4.78 is 5.64. The monoisotopic (exact) mass is 279 g/mol. The van der Waals surface area contributed by atoms with E-state index in [1.807, 2.05) is 11.8 Å². The Labute approximate surface area is 121 Å². The highest BCUT2D eigenvalue weighted by Crippen LogP contribution is 2.34. The van der Waals surface area contributed by atoms with Crippen molar-refractivity contribution in [1.82, 2.24) is 5.32 Å². The van der Waals surface area contributed by atoms with Gasteiger partial charge in [-0.05, 0) is 50.4 Å². The van der Waals surface area contributed by atoms with Gasteiger partial charge in [0, 0.05) is 23.3 Å². The van der Waals surface area contributed by atoms with E-state index in [9.17, 15) is 0 Å². The number of rotatable bonds is 6. The molecule has 1 aliphatic heterocycles. The largest absolute Gasteiger partial charge is 0.377 e. The van der Waals surface area contributed by atoms with Crippen LogP contribution in [0.15, 0.2) is 23.1 Å². The normalized spacial score (nSPS) is 22.9. The minimum Gasteiger partial charge on any atom is -0.377 e. The summed E-state index contributed by atoms with van der Waals surface area (Å²) in [6.45, 7) is 9.57. The van der Waals surface area contributed by atoms with E-state index >= 15 is 0 Å². The maximum Gasteiger partial charge on any atom is 0.0669 e. The molecule has 1 aliphatic rings. The van der Waals surface area contributed by atoms with Gasteiger partial charge in [0.2, 0.25) is 0 Å². The SMILES string of the molecule is CCCNCc1ccc(SC2CCOC2C)c(C)c1. The fourth-order valence-electron chi connectivity index (χ4n) is 2.39. The summed E-state index contributed by atoms with van der Waals surface area (Å²) in [4.78, 5) is 1.40. The molecule has 1 aromatic rings. The molecule has 1 heterocycles. The van der Waals surface area contributed by atoms with E-state index in [1.54, 1.807) is 0 Å². The second-order valence-electron chi connectivity index (χ2n) is 5.30. The van der Waals surface area contributed by atoms with E-state index in [-0.39, 0.29) is 0 Å². The minimum atomic E-state index is 0.385. The van der Waals surface area contributed by atoms with E-state index < -0.39 is 0 Å². The number of ether oxygens (including phenoxy) is 1. The lowest BCUT2D eigenvalue weighted by Gasteiger charge is -2.15. The molecule has 106 valence electrons. The third-order valence-corrected chi connectivity index (χ3v) is 5.21. The number of hydrogen-bond donors (Lipinski definition) is 1. The summed E-state index contributed by atoms with van der Waals surface area (Å²) in [5.74, 6) is 0. The van der Waals surface area contributed by atoms with Gasteiger partial charge in [0.25, 0.3) is 0 Å². The highest BCUT2D eigenvalue weighted by molar-refractivity contribution is 8.00. The second-order valence-corrected chi connectivity index (χ2v) is 6.58. The molecule has 0 aromatic heterocycles. The Bertz CT molecular complexity index is 408. The molecule has 3 heteroatoms. The zero-order valence-electron chi connectivity index (χ0n) is 12.2. The standard InChI is InChI=1S/C16H25NOS/c1-4-8-17-11-14-5-6-15(12(2)10-14)19-16-7-9-18-13(16)3/h5-6,10,13,16-17H,4,7-9,11H2,1-3H3. The van der Waals surface area contributed by atoms with Gasteiger partial charge in [-0.25, -0.2) is 0 Å². The van der Waals surface area contributed by atoms with Crippen LogP contribution in [0.5, 0.6) is 0 Å². The van der Waals surface area contributed by atoms with Crippen molar-refractivity contribution in [2.75, 3.05) is 13.2 Å². The first-order valence-corrected chi connectivity index (χ1v) is 8.17. The van der Waals surface area contributed by atoms with Gasteiger partial charge in [0.1, 0.15) is 0 Å². The summed E-state index contributed by atoms with van der Waals surface area (Å²) in [7, 11) is 0. The molecule has 0 radical (unpaired) electrons. The maximum absolute atomic E-state index is 5.64. The quantitative estimate of drug-likeness (QED) is 0.801. The van der Waals surface area contributed by atoms with Crippen molar-refractivity contribution in [1.29, 1.82) is 0 Å². The summed E-state index contributed by atoms with van der Waals surface area (Å²) in [6.07, 6.45) is 2.74. The van der Waals surface area contributed by atoms with E-state index in [0.29, 0.717) is 11.4 Å². The Balaban J connectivity index is 1.94. The predicted molar refractivity (Wildman–Crippen MR) is 82.9 cm³/mol. The van der Waals surface area contributed by atoms with Crippen molar-refractivity contribution < 1.29 is 4.74 Å². The van der Waals surface area contributed by atoms with E-state index in [2.05, 4.69) is 44.3 Å². The molecule has 0 bridgehead atoms. The molecule has 0 aliphatic carbocycles. The smallest absolute Gasteiger partial charge is 0.0669 e. The summed E-state index contributed by atoms with van der Waals surface area (Å²) in [5, 5.41) is 4.07. The number of thioether (sulfide) groups is 1. The van der Waals surface area contributed by atoms with Gasteiger partial charge < -0.3 is 10.1 Å². The van der Waals surface area contributed by atoms with Crippen LogP contribution in [0.3, 0.4) is 0 Å². The zero-order chi connectivity index (χ0) is 13.7. The lowest BCUT2D eigenvalue weighted by molar-refractivity contribution is 0.127. The average Bonchev–Trinajstić information content (AvgIpc) is 2.79. The predicted octanol–water partition coefficient (Wildman–Crippen LogP) is 3.76. The maximum atomic E-state index is 5.64. The molecule has 2 atom stereocenters. The third kappa shape index (κ3) is 4.23. The first kappa shape index (κ1) is 14.9. The number of nitrogens with one attached hydrogen (secondary N) is 1. The Kier molecular flexibility index (Phi) is 5.74. The third-order valence-electron chi connectivity index (χ3n) is 3.58. The van der Waals surface area contributed by atoms with Crippen molar-refractivity contribution in [2.24, 2.45) is 0 Å². The van der Waals surface area contributed by atoms with Crippen LogP contribution in [-0.2, 0) is 11.3 Å². The van der Waals surface area contributed by atoms with Gasteiger partial charge in [0.05, 0.1) is 6.10 Å². The van der Waals surface area contributed by atoms with Crippen molar-refractivity contribution >= 4 is 11.8 Å². The van der Waals surface area contributed by atoms with Gasteiger partial charge in [0.15, 0.2) is 0 Å². The molecule has 1 saturated heterocycles. The van der Waals surface area contributed by atoms with Crippen LogP contribution in [0.25, 0.3) is 0 Å². The first-order chi connectivity index (χ1) is 9.20. The lowest BCUT2D eigenvalue weighted by Crippen LogP contribution is -2.14. The Morgan fingerprint density at radius 1 is 1.42 bits per heavy atom. The van der Waals surface area contributed by atoms with E-state index in [4.69, 9.17) is 4.74 Å². The van der Waals surface area contributed by atoms with Crippen LogP contribution in [0.1, 0.15) is 37.8 Å². The van der Waals surface area contributed by atoms with Crippen LogP contribution in [0, 0.1) is 6.92 Å². The van der Waals surface area contributed by atoms with Crippen LogP contribution < -0.4 is 5.32 Å². The highest BCUT2D eigenvalue weighted by Gasteiger charge is 2.25. The van der Waals surface area contributed by atoms with Gasteiger partial charge in [-0.1, -0.05) is 19.1 Å². The molecule has 2 rings (SSSR count). The van der Waals surface area contributed by atoms with Gasteiger partial charge in [-0.2, -0.15) is 0 Å². The first-order valence-electron chi connectivity index (χ1n) is 7.29. The van der Waals surface area contributed by atoms with Crippen molar-refractivity contribution in [3.8, 4) is 0 Å². The van der Waals surface area contributed by atoms with Gasteiger partial charge in [-0.15, -0.1) is 11.8 Å². The van der Waals surface area contributed by atoms with E-state index in [0.717, 1.165) is 19.7 Å². The van der Waals surface area contributed by atoms with Crippen molar-refractivity contribution in [3.63, 3.8) is 0 Å². The average molecular weight is 279 g/mol. The number of aryl methyl sites for hydroxylation is 1. The van der Waals surface area contributed by atoms with Crippen LogP contribution in [-0.4, -0.2) is 24.5 Å². The minimum absolute atomic E-state index is 0.385. The molecule has 19 heavy (non-hydrogen) atoms. The molecule has 0 saturated carbocycles. The van der Waals surface area contributed by atoms with Crippen LogP contribution in [0.4, 0.5) is 0 Å². The van der Waals surface area contributed by atoms with Gasteiger partial charge in [-0.3, -0.25) is 0 Å². The molecule has 1 fully saturated rings. The number of benzene rings is 1. The van der Waals surface area contributed by atoms with Crippen molar-refractivity contribution in [2.45, 2.75) is 56.4 Å². The number of hydrogen-bond acceptors (Lipinski definition) is 3. The molecule has 2 nitrogen and oxygen atoms in total. The van der Waals surface area contributed by atoms with Gasteiger partial charge >= 0.3 is 0 Å². The Morgan fingerprint density at radius 2 is 2.26 bits per heavy atom. The highest BCUT2D eigenvalue weighted by atomic mass is 32.2. The molecular weight excluding hydrogens is 254 g/mol. The Hall–Kier alpha value is -0.510. The van der Waals surface area contributed by atoms with Crippen LogP contribution in [0.2, 0.25) is 0 Å². The zero-order valence-corrected chi connectivity index (χ0v) is 13.1. The molecule has 1 N–H and O–H groups in total. The Morgan fingerprint density at radius 3 is 2.89 bits per heavy atom. The fraction of sp³-hybridized carbons (Fsp3) is 0.625. The van der Waals surface area contributed by atoms with Crippen LogP contribution >= 0.6 is 11.8 Å². The molecule has 1 aromatic carbocycles. The summed E-state index contributed by atoms with van der Waals surface area (Å²) >= 11 is 1.98. The molecule has 2 unspecified atom stereocenters. The molecule has 0 spiro atoms. The van der Waals surface area contributed by atoms with E-state index in [1.165, 1.54) is 28.9 Å². The summed E-state index contributed by atoms with van der Waals surface area (Å²) in [5.41, 5.74) is 2.77. The topological polar surface area (TPSA) is 21.3 Å². The lowest BCUT2D eigenvalue weighted by atomic mass is 10.1. The molecular formula is C16H25NOS. The molecule has 0 amide bonds. The second kappa shape index (κ2) is 7.32. The summed E-state index contributed by atoms with van der Waals surface area (Å²) in [6, 6.07) is 6.83. The fourth-order valence-corrected chi connectivity index (χ4v) is 3.60. The van der Waals surface area contributed by atoms with Crippen molar-refractivity contribution in [3.05, 3.63) is 29.3 Å².